The summed E-state index contributed by atoms with van der Waals surface area (Å²) in [6, 6.07) is 0.809. The van der Waals surface area contributed by atoms with Gasteiger partial charge in [0.2, 0.25) is 34.9 Å². The van der Waals surface area contributed by atoms with E-state index in [1.807, 2.05) is 50.3 Å². The van der Waals surface area contributed by atoms with Crippen LogP contribution in [0.2, 0.25) is 0 Å². The first-order valence-electron chi connectivity index (χ1n) is 50.5. The lowest BCUT2D eigenvalue weighted by molar-refractivity contribution is -0.337. The molecular formula is C104H151IN10O32S3. The monoisotopic (exact) mass is 2270 g/mol. The number of thioether (sulfide) groups is 1. The van der Waals surface area contributed by atoms with Gasteiger partial charge in [0, 0.05) is 123 Å². The summed E-state index contributed by atoms with van der Waals surface area (Å²) in [6.07, 6.45) is -14.7. The number of unbranched alkanes of at least 4 members (excludes halogenated alkanes) is 1. The predicted octanol–water partition coefficient (Wildman–Crippen LogP) is 7.75. The van der Waals surface area contributed by atoms with Crippen molar-refractivity contribution in [2.75, 3.05) is 79.4 Å². The molecule has 4 fully saturated rings. The summed E-state index contributed by atoms with van der Waals surface area (Å²) in [5.41, 5.74) is 18.0. The number of urea groups is 2. The number of hydrogen-bond donors (Lipinski definition) is 14. The van der Waals surface area contributed by atoms with Gasteiger partial charge in [0.05, 0.1) is 110 Å². The van der Waals surface area contributed by atoms with Crippen molar-refractivity contribution in [2.24, 2.45) is 46.8 Å². The molecule has 2 aromatic rings. The number of fused-ring (bicyclic) bond motifs is 2. The van der Waals surface area contributed by atoms with E-state index in [-0.39, 0.29) is 159 Å². The molecule has 6 aliphatic rings. The molecule has 0 unspecified atom stereocenters. The van der Waals surface area contributed by atoms with Crippen LogP contribution < -0.4 is 63.5 Å². The number of allylic oxidation sites excluding steroid dienone is 2. The average molecular weight is 2280 g/mol. The number of halogens is 1. The summed E-state index contributed by atoms with van der Waals surface area (Å²) in [6.45, 7) is 22.2. The van der Waals surface area contributed by atoms with E-state index in [0.717, 1.165) is 18.9 Å². The number of esters is 1. The molecule has 8 rings (SSSR count). The Morgan fingerprint density at radius 2 is 1.37 bits per heavy atom. The second-order valence-corrected chi connectivity index (χ2v) is 44.6. The van der Waals surface area contributed by atoms with Crippen LogP contribution in [0.4, 0.5) is 20.1 Å². The van der Waals surface area contributed by atoms with E-state index in [1.165, 1.54) is 80.9 Å². The molecule has 46 heteroatoms. The molecule has 24 atom stereocenters. The number of anilines is 1. The quantitative estimate of drug-likeness (QED) is 0.00751. The minimum Gasteiger partial charge on any atom is -0.492 e. The number of benzene rings is 2. The maximum absolute atomic E-state index is 14.9. The molecule has 150 heavy (non-hydrogen) atoms. The number of rotatable bonds is 57. The second-order valence-electron chi connectivity index (χ2n) is 39.3. The Hall–Kier alpha value is -8.97. The summed E-state index contributed by atoms with van der Waals surface area (Å²) < 4.78 is 79.9. The molecule has 4 saturated heterocycles. The number of aliphatic hydroxyl groups is 5. The number of ether oxygens (including phenoxy) is 13. The van der Waals surface area contributed by atoms with E-state index in [9.17, 15) is 87.9 Å². The predicted molar refractivity (Wildman–Crippen MR) is 565 cm³/mol. The van der Waals surface area contributed by atoms with E-state index < -0.39 is 227 Å². The van der Waals surface area contributed by atoms with E-state index >= 15 is 0 Å². The molecule has 4 heterocycles. The third kappa shape index (κ3) is 36.1. The molecule has 0 saturated carbocycles. The Labute approximate surface area is 902 Å². The lowest BCUT2D eigenvalue weighted by Gasteiger charge is -2.47. The van der Waals surface area contributed by atoms with Gasteiger partial charge in [-0.2, -0.15) is 5.48 Å². The van der Waals surface area contributed by atoms with E-state index in [0.29, 0.717) is 65.5 Å². The lowest BCUT2D eigenvalue weighted by atomic mass is 9.72. The van der Waals surface area contributed by atoms with Crippen molar-refractivity contribution in [1.82, 2.24) is 31.6 Å². The first kappa shape index (κ1) is 126. The third-order valence-corrected chi connectivity index (χ3v) is 32.7. The van der Waals surface area contributed by atoms with Gasteiger partial charge in [-0.25, -0.2) is 14.4 Å². The summed E-state index contributed by atoms with van der Waals surface area (Å²) in [5.74, 6) is 4.80. The molecule has 2 aromatic carbocycles. The highest BCUT2D eigenvalue weighted by molar-refractivity contribution is 14.1. The fourth-order valence-corrected chi connectivity index (χ4v) is 22.8. The third-order valence-electron chi connectivity index (χ3n) is 26.8. The minimum absolute atomic E-state index is 0.00989. The number of methoxy groups -OCH3 is 5. The van der Waals surface area contributed by atoms with Crippen molar-refractivity contribution in [3.05, 3.63) is 79.5 Å². The minimum atomic E-state index is -2.27. The molecule has 0 radical (unpaired) electrons. The molecule has 834 valence electrons. The van der Waals surface area contributed by atoms with Crippen LogP contribution in [0.15, 0.2) is 59.2 Å². The fourth-order valence-electron chi connectivity index (χ4n) is 18.6. The molecule has 8 amide bonds. The van der Waals surface area contributed by atoms with Gasteiger partial charge in [0.1, 0.15) is 54.8 Å². The largest absolute Gasteiger partial charge is 0.492 e. The highest BCUT2D eigenvalue weighted by Gasteiger charge is 2.54. The topological polar surface area (TPSA) is 606 Å². The van der Waals surface area contributed by atoms with Gasteiger partial charge < -0.3 is 145 Å². The summed E-state index contributed by atoms with van der Waals surface area (Å²) >= 11 is 2.73. The van der Waals surface area contributed by atoms with Gasteiger partial charge in [0.15, 0.2) is 53.3 Å². The van der Waals surface area contributed by atoms with Crippen molar-refractivity contribution < 1.29 is 154 Å². The molecule has 17 N–H and O–H groups in total. The number of nitrogens with zero attached hydrogens (tertiary/aromatic N) is 1. The zero-order chi connectivity index (χ0) is 111. The van der Waals surface area contributed by atoms with E-state index in [2.05, 4.69) is 55.7 Å². The van der Waals surface area contributed by atoms with Crippen molar-refractivity contribution in [1.29, 1.82) is 0 Å². The van der Waals surface area contributed by atoms with Crippen LogP contribution in [-0.4, -0.2) is 312 Å². The van der Waals surface area contributed by atoms with Crippen molar-refractivity contribution in [3.63, 3.8) is 0 Å². The second kappa shape index (κ2) is 60.8. The standard InChI is InChI=1S/C104H151IN10O32S3/c1-19-115(102(132)140-52-62-34-36-65(37-35-62)111-94(126)64(30-27-42-109-100(107)130)47-72(119)83(55(4)5)113-95(127)63(45-56(6)116)29-23-25-41-106)70-53-139-78(50-76(70)134-14)145-91-86(124)84(114-147-79-49-73(120)93(61(11)141-79)149-97(129)80-58(8)82(105)89(92(138-18)88(80)136-16)146-98-87(125)90(137-17)85(123)60(10)143-98)59(9)142-99(91)144-75-33-22-20-21-24-40-104(133)51-74(121)67(48-77(122)135-15)81(75)68(104)38-44-148-150-103(12,13)39-26-32-71(118)69(31-28-43-110-101(108)131)112-96(128)66(54(2)3)46-57(7)117/h20-21,34-38,54-55,59-61,63-64,66,69-70,73,75-76,78-79,83-87,90-91,93,98-99,114,120,123-125,133H,19,23,25-32,39,41-53,106H2,1-18H3,(H,111,126)(H,112,128)(H,113,127)(H3,107,109,130)(H3,108,110,131)/b21-20-,68-38+/t59-,60+,61-,63-,64-,66+,69+,70+,73+,75+,76+,78+,79+,83+,84-,85+,86+,87-,90-,91-,93-,98+,99+,104+/m1/s1. The molecular weight excluding hydrogens is 2120 g/mol. The van der Waals surface area contributed by atoms with Crippen LogP contribution in [0.25, 0.3) is 0 Å². The number of nitrogens with two attached hydrogens (primary N) is 3. The fraction of sp³-hybridized carbons (Fsp3) is 0.663. The molecule has 2 aliphatic carbocycles. The number of hydroxylamine groups is 1. The molecule has 42 nitrogen and oxygen atoms in total. The zero-order valence-corrected chi connectivity index (χ0v) is 93.1. The number of Topliss-reactive ketones (excluding diaryl/α,β-unsaturated/α-hetero) is 5. The number of nitrogens with one attached hydrogen (secondary N) is 6. The Morgan fingerprint density at radius 3 is 1.98 bits per heavy atom. The van der Waals surface area contributed by atoms with E-state index in [1.54, 1.807) is 78.8 Å². The number of hydrogen-bond acceptors (Lipinski definition) is 37. The maximum Gasteiger partial charge on any atom is 0.410 e. The van der Waals surface area contributed by atoms with Crippen LogP contribution in [0.1, 0.15) is 214 Å². The number of carbonyl (C=O) groups is 13. The summed E-state index contributed by atoms with van der Waals surface area (Å²) in [5, 5.41) is 72.3. The number of aliphatic hydroxyl groups excluding tert-OH is 4. The smallest absolute Gasteiger partial charge is 0.410 e. The average Bonchev–Trinajstić information content (AvgIpc) is 0.747. The zero-order valence-electron chi connectivity index (χ0n) is 88.5. The first-order chi connectivity index (χ1) is 71.1. The Bertz CT molecular complexity index is 5190. The van der Waals surface area contributed by atoms with Gasteiger partial charge in [-0.05, 0) is 190 Å². The SMILES string of the molecule is CCN(C(=O)OCc1ccc(NC(=O)[C@H](CCCNC(N)=O)CC(=O)[C@@H](NC(=O)[C@H](CCCCN)CC(C)=O)C(C)C)cc1)[C@H]1CO[C@@H](O[C@H]2[C@H](O[C@H]3C#C/C=C\C#C[C@]4(O)CC(=O)C(CC(=O)OC)=C3/C4=C\CSSC(C)(C)CCCC(=O)[C@H](CCCNC(N)=O)NC(=O)[C@@H](CC(C)=O)C(C)C)O[C@H](C)[C@@H](NO[C@H]3C[C@H](O)[C@H](SC(=O)c4c(C)c(I)c(O[C@@H]5O[C@@H](C)[C@H](O)[C@@H](OC)[C@H]5O)c(OC)c4OC)[C@@H](C)O3)[C@@H]2O)C[C@@H]1OC. The van der Waals surface area contributed by atoms with E-state index in [4.69, 9.17) is 83.6 Å². The Balaban J connectivity index is 1.04. The molecule has 2 bridgehead atoms. The summed E-state index contributed by atoms with van der Waals surface area (Å²) in [4.78, 5) is 183. The van der Waals surface area contributed by atoms with Gasteiger partial charge in [-0.3, -0.25) is 43.2 Å². The van der Waals surface area contributed by atoms with Gasteiger partial charge in [0.25, 0.3) is 0 Å². The number of primary amides is 2. The Morgan fingerprint density at radius 1 is 0.713 bits per heavy atom. The van der Waals surface area contributed by atoms with Crippen molar-refractivity contribution >= 4 is 138 Å². The highest BCUT2D eigenvalue weighted by Crippen LogP contribution is 2.50. The molecule has 0 spiro atoms. The normalized spacial score (nSPS) is 26.2. The van der Waals surface area contributed by atoms with Gasteiger partial charge >= 0.3 is 24.1 Å². The molecule has 0 aromatic heterocycles. The lowest BCUT2D eigenvalue weighted by Crippen LogP contribution is -2.65. The van der Waals surface area contributed by atoms with Crippen LogP contribution in [0, 0.1) is 63.8 Å². The van der Waals surface area contributed by atoms with Crippen LogP contribution in [-0.2, 0) is 102 Å². The number of likely N-dealkylation sites (N-methyl/N-ethyl adjacent to an activating group) is 1. The molecule has 4 aliphatic heterocycles. The Kier molecular flexibility index (Phi) is 51.1. The van der Waals surface area contributed by atoms with Crippen LogP contribution >= 0.6 is 55.9 Å². The van der Waals surface area contributed by atoms with Crippen LogP contribution in [0.5, 0.6) is 17.2 Å². The highest BCUT2D eigenvalue weighted by atomic mass is 127. The van der Waals surface area contributed by atoms with Gasteiger partial charge in [-0.1, -0.05) is 109 Å². The summed E-state index contributed by atoms with van der Waals surface area (Å²) in [7, 11) is 9.34. The van der Waals surface area contributed by atoms with Crippen molar-refractivity contribution in [2.45, 2.75) is 338 Å². The van der Waals surface area contributed by atoms with Gasteiger partial charge in [-0.15, -0.1) is 0 Å². The number of carbonyl (C=O) groups excluding carboxylic acids is 13. The maximum atomic E-state index is 14.9. The number of amides is 8. The number of ketones is 5. The van der Waals surface area contributed by atoms with Crippen LogP contribution in [0.3, 0.4) is 0 Å². The first-order valence-corrected chi connectivity index (χ1v) is 54.8. The van der Waals surface area contributed by atoms with Crippen molar-refractivity contribution in [3.8, 4) is 40.9 Å².